The van der Waals surface area contributed by atoms with Crippen molar-refractivity contribution < 1.29 is 27.9 Å². The van der Waals surface area contributed by atoms with E-state index in [2.05, 4.69) is 20.1 Å². The largest absolute Gasteiger partial charge is 0.468 e. The SMILES string of the molecule is COC(=O)CNC(=O)c1cc(NC(C)CC(C)(C)O)cc(S(=O)(=O)Nc2ccccc2)c1. The Kier molecular flexibility index (Phi) is 8.23. The molecule has 0 saturated carbocycles. The predicted octanol–water partition coefficient (Wildman–Crippen LogP) is 2.35. The molecule has 9 nitrogen and oxygen atoms in total. The van der Waals surface area contributed by atoms with Gasteiger partial charge < -0.3 is 20.5 Å². The minimum Gasteiger partial charge on any atom is -0.468 e. The van der Waals surface area contributed by atoms with Gasteiger partial charge in [0.05, 0.1) is 17.6 Å². The molecule has 0 radical (unpaired) electrons. The lowest BCUT2D eigenvalue weighted by molar-refractivity contribution is -0.139. The Morgan fingerprint density at radius 2 is 1.75 bits per heavy atom. The van der Waals surface area contributed by atoms with E-state index in [1.54, 1.807) is 44.2 Å². The van der Waals surface area contributed by atoms with E-state index < -0.39 is 27.5 Å². The van der Waals surface area contributed by atoms with Crippen LogP contribution in [0, 0.1) is 0 Å². The van der Waals surface area contributed by atoms with E-state index in [1.165, 1.54) is 25.3 Å². The Balaban J connectivity index is 2.38. The Bertz CT molecular complexity index is 1050. The fraction of sp³-hybridized carbons (Fsp3) is 0.364. The lowest BCUT2D eigenvalue weighted by Gasteiger charge is -2.24. The Morgan fingerprint density at radius 3 is 2.34 bits per heavy atom. The van der Waals surface area contributed by atoms with Crippen molar-refractivity contribution in [2.45, 2.75) is 43.7 Å². The highest BCUT2D eigenvalue weighted by Gasteiger charge is 2.21. The monoisotopic (exact) mass is 463 g/mol. The van der Waals surface area contributed by atoms with E-state index in [1.807, 2.05) is 6.92 Å². The van der Waals surface area contributed by atoms with Gasteiger partial charge in [0.2, 0.25) is 0 Å². The Labute approximate surface area is 188 Å². The topological polar surface area (TPSA) is 134 Å². The molecular weight excluding hydrogens is 434 g/mol. The van der Waals surface area contributed by atoms with Crippen LogP contribution in [0.4, 0.5) is 11.4 Å². The summed E-state index contributed by atoms with van der Waals surface area (Å²) in [7, 11) is -2.81. The van der Waals surface area contributed by atoms with Gasteiger partial charge in [-0.15, -0.1) is 0 Å². The van der Waals surface area contributed by atoms with Crippen LogP contribution in [-0.2, 0) is 19.6 Å². The summed E-state index contributed by atoms with van der Waals surface area (Å²) in [5, 5.41) is 15.6. The molecule has 1 amide bonds. The molecule has 1 atom stereocenters. The fourth-order valence-electron chi connectivity index (χ4n) is 3.10. The van der Waals surface area contributed by atoms with Gasteiger partial charge in [0, 0.05) is 23.0 Å². The molecule has 0 spiro atoms. The van der Waals surface area contributed by atoms with Crippen LogP contribution in [0.2, 0.25) is 0 Å². The standard InChI is InChI=1S/C22H29N3O6S/c1-15(13-22(2,3)28)24-18-10-16(21(27)23-14-20(26)31-4)11-19(12-18)32(29,30)25-17-8-6-5-7-9-17/h5-12,15,24-25,28H,13-14H2,1-4H3,(H,23,27). The highest BCUT2D eigenvalue weighted by atomic mass is 32.2. The van der Waals surface area contributed by atoms with Gasteiger partial charge in [-0.1, -0.05) is 18.2 Å². The molecule has 1 unspecified atom stereocenters. The zero-order valence-electron chi connectivity index (χ0n) is 18.5. The minimum atomic E-state index is -4.01. The molecule has 4 N–H and O–H groups in total. The molecule has 0 fully saturated rings. The molecule has 0 aliphatic heterocycles. The number of benzene rings is 2. The van der Waals surface area contributed by atoms with Gasteiger partial charge in [0.1, 0.15) is 6.54 Å². The van der Waals surface area contributed by atoms with Gasteiger partial charge in [-0.25, -0.2) is 8.42 Å². The summed E-state index contributed by atoms with van der Waals surface area (Å²) < 4.78 is 32.9. The van der Waals surface area contributed by atoms with E-state index in [9.17, 15) is 23.1 Å². The van der Waals surface area contributed by atoms with Gasteiger partial charge in [-0.3, -0.25) is 14.3 Å². The molecule has 0 aliphatic carbocycles. The van der Waals surface area contributed by atoms with E-state index in [4.69, 9.17) is 0 Å². The number of rotatable bonds is 10. The van der Waals surface area contributed by atoms with Crippen molar-refractivity contribution in [1.82, 2.24) is 5.32 Å². The minimum absolute atomic E-state index is 0.0443. The first-order chi connectivity index (χ1) is 14.9. The molecule has 0 aromatic heterocycles. The molecular formula is C22H29N3O6S. The second kappa shape index (κ2) is 10.5. The summed E-state index contributed by atoms with van der Waals surface area (Å²) in [6.45, 7) is 4.81. The molecule has 0 saturated heterocycles. The average Bonchev–Trinajstić information content (AvgIpc) is 2.70. The number of anilines is 2. The van der Waals surface area contributed by atoms with E-state index in [-0.39, 0.29) is 23.0 Å². The molecule has 32 heavy (non-hydrogen) atoms. The number of esters is 1. The van der Waals surface area contributed by atoms with E-state index >= 15 is 0 Å². The van der Waals surface area contributed by atoms with Gasteiger partial charge in [-0.05, 0) is 57.5 Å². The van der Waals surface area contributed by atoms with E-state index in [0.29, 0.717) is 17.8 Å². The van der Waals surface area contributed by atoms with Gasteiger partial charge in [0.15, 0.2) is 0 Å². The van der Waals surface area contributed by atoms with Crippen molar-refractivity contribution in [3.05, 3.63) is 54.1 Å². The average molecular weight is 464 g/mol. The van der Waals surface area contributed by atoms with Crippen LogP contribution in [0.15, 0.2) is 53.4 Å². The summed E-state index contributed by atoms with van der Waals surface area (Å²) in [4.78, 5) is 23.8. The summed E-state index contributed by atoms with van der Waals surface area (Å²) in [5.41, 5.74) is -0.146. The number of ether oxygens (including phenoxy) is 1. The Morgan fingerprint density at radius 1 is 1.09 bits per heavy atom. The molecule has 2 aromatic rings. The number of methoxy groups -OCH3 is 1. The number of sulfonamides is 1. The van der Waals surface area contributed by atoms with Crippen LogP contribution in [0.5, 0.6) is 0 Å². The molecule has 10 heteroatoms. The molecule has 2 rings (SSSR count). The lowest BCUT2D eigenvalue weighted by Crippen LogP contribution is -2.31. The third-order valence-electron chi connectivity index (χ3n) is 4.34. The number of hydrogen-bond acceptors (Lipinski definition) is 7. The third kappa shape index (κ3) is 7.86. The van der Waals surface area contributed by atoms with Crippen molar-refractivity contribution in [3.8, 4) is 0 Å². The Hall–Kier alpha value is -3.11. The normalized spacial score (nSPS) is 12.5. The van der Waals surface area contributed by atoms with Crippen LogP contribution in [0.25, 0.3) is 0 Å². The number of carbonyl (C=O) groups excluding carboxylic acids is 2. The van der Waals surface area contributed by atoms with E-state index in [0.717, 1.165) is 0 Å². The maximum absolute atomic E-state index is 13.0. The predicted molar refractivity (Wildman–Crippen MR) is 122 cm³/mol. The summed E-state index contributed by atoms with van der Waals surface area (Å²) in [6, 6.07) is 12.3. The van der Waals surface area contributed by atoms with Crippen LogP contribution < -0.4 is 15.4 Å². The highest BCUT2D eigenvalue weighted by molar-refractivity contribution is 7.92. The summed E-state index contributed by atoms with van der Waals surface area (Å²) in [5.74, 6) is -1.27. The maximum atomic E-state index is 13.0. The number of amides is 1. The maximum Gasteiger partial charge on any atom is 0.325 e. The first-order valence-corrected chi connectivity index (χ1v) is 11.4. The number of aliphatic hydroxyl groups is 1. The number of carbonyl (C=O) groups is 2. The van der Waals surface area contributed by atoms with Gasteiger partial charge in [-0.2, -0.15) is 0 Å². The zero-order chi connectivity index (χ0) is 23.9. The summed E-state index contributed by atoms with van der Waals surface area (Å²) >= 11 is 0. The molecule has 2 aromatic carbocycles. The van der Waals surface area contributed by atoms with Crippen molar-refractivity contribution >= 4 is 33.3 Å². The zero-order valence-corrected chi connectivity index (χ0v) is 19.3. The van der Waals surface area contributed by atoms with Crippen molar-refractivity contribution in [2.75, 3.05) is 23.7 Å². The smallest absolute Gasteiger partial charge is 0.325 e. The number of nitrogens with one attached hydrogen (secondary N) is 3. The van der Waals surface area contributed by atoms with Crippen LogP contribution in [0.1, 0.15) is 37.6 Å². The fourth-order valence-corrected chi connectivity index (χ4v) is 4.23. The van der Waals surface area contributed by atoms with Crippen LogP contribution in [-0.4, -0.2) is 50.7 Å². The molecule has 0 aliphatic rings. The van der Waals surface area contributed by atoms with Gasteiger partial charge >= 0.3 is 5.97 Å². The third-order valence-corrected chi connectivity index (χ3v) is 5.71. The van der Waals surface area contributed by atoms with Crippen molar-refractivity contribution in [2.24, 2.45) is 0 Å². The lowest BCUT2D eigenvalue weighted by atomic mass is 10.00. The second-order valence-corrected chi connectivity index (χ2v) is 9.72. The molecule has 174 valence electrons. The van der Waals surface area contributed by atoms with Gasteiger partial charge in [0.25, 0.3) is 15.9 Å². The van der Waals surface area contributed by atoms with Crippen molar-refractivity contribution in [3.63, 3.8) is 0 Å². The van der Waals surface area contributed by atoms with Crippen molar-refractivity contribution in [1.29, 1.82) is 0 Å². The summed E-state index contributed by atoms with van der Waals surface area (Å²) in [6.07, 6.45) is 0.385. The van der Waals surface area contributed by atoms with Crippen LogP contribution >= 0.6 is 0 Å². The highest BCUT2D eigenvalue weighted by Crippen LogP contribution is 2.24. The van der Waals surface area contributed by atoms with Crippen LogP contribution in [0.3, 0.4) is 0 Å². The molecule has 0 bridgehead atoms. The molecule has 0 heterocycles. The number of para-hydroxylation sites is 1. The first-order valence-electron chi connectivity index (χ1n) is 9.96. The second-order valence-electron chi connectivity index (χ2n) is 8.04. The number of hydrogen-bond donors (Lipinski definition) is 4. The first kappa shape index (κ1) is 25.2. The quantitative estimate of drug-likeness (QED) is 0.397.